The molecule has 0 unspecified atom stereocenters. The van der Waals surface area contributed by atoms with Gasteiger partial charge in [0.15, 0.2) is 0 Å². The first-order valence-electron chi connectivity index (χ1n) is 7.65. The van der Waals surface area contributed by atoms with Crippen molar-refractivity contribution in [1.82, 2.24) is 9.97 Å². The maximum Gasteiger partial charge on any atom is 0.134 e. The Morgan fingerprint density at radius 3 is 2.71 bits per heavy atom. The minimum atomic E-state index is 0.852. The highest BCUT2D eigenvalue weighted by Crippen LogP contribution is 2.20. The Balaban J connectivity index is 2.22. The Hall–Kier alpha value is -1.62. The predicted molar refractivity (Wildman–Crippen MR) is 91.2 cm³/mol. The predicted octanol–water partition coefficient (Wildman–Crippen LogP) is 3.95. The summed E-state index contributed by atoms with van der Waals surface area (Å²) in [5.74, 6) is 2.84. The lowest BCUT2D eigenvalue weighted by molar-refractivity contribution is 0.803. The Morgan fingerprint density at radius 2 is 2.10 bits per heavy atom. The summed E-state index contributed by atoms with van der Waals surface area (Å²) in [7, 11) is 0. The van der Waals surface area contributed by atoms with Crippen LogP contribution in [-0.4, -0.2) is 23.1 Å². The second-order valence-electron chi connectivity index (χ2n) is 4.90. The van der Waals surface area contributed by atoms with Crippen molar-refractivity contribution in [3.8, 4) is 0 Å². The van der Waals surface area contributed by atoms with Crippen molar-refractivity contribution in [3.05, 3.63) is 34.3 Å². The van der Waals surface area contributed by atoms with E-state index in [1.807, 2.05) is 0 Å². The van der Waals surface area contributed by atoms with Gasteiger partial charge >= 0.3 is 0 Å². The molecule has 0 bridgehead atoms. The van der Waals surface area contributed by atoms with E-state index < -0.39 is 0 Å². The van der Waals surface area contributed by atoms with Gasteiger partial charge in [0.05, 0.1) is 6.54 Å². The zero-order valence-corrected chi connectivity index (χ0v) is 13.9. The van der Waals surface area contributed by atoms with Gasteiger partial charge in [-0.25, -0.2) is 9.97 Å². The molecule has 21 heavy (non-hydrogen) atoms. The van der Waals surface area contributed by atoms with E-state index in [2.05, 4.69) is 59.6 Å². The zero-order chi connectivity index (χ0) is 15.1. The summed E-state index contributed by atoms with van der Waals surface area (Å²) in [6.45, 7) is 9.20. The van der Waals surface area contributed by atoms with Gasteiger partial charge in [0.2, 0.25) is 0 Å². The summed E-state index contributed by atoms with van der Waals surface area (Å²) in [6.07, 6.45) is 1.94. The summed E-state index contributed by atoms with van der Waals surface area (Å²) in [5, 5.41) is 5.49. The fraction of sp³-hybridized carbons (Fsp3) is 0.500. The summed E-state index contributed by atoms with van der Waals surface area (Å²) in [6, 6.07) is 6.33. The topological polar surface area (TPSA) is 41.0 Å². The molecular weight excluding hydrogens is 280 g/mol. The summed E-state index contributed by atoms with van der Waals surface area (Å²) >= 11 is 1.79. The number of hydrogen-bond donors (Lipinski definition) is 1. The molecule has 0 atom stereocenters. The Bertz CT molecular complexity index is 539. The first kappa shape index (κ1) is 15.8. The van der Waals surface area contributed by atoms with Gasteiger partial charge in [-0.2, -0.15) is 0 Å². The molecule has 0 saturated heterocycles. The quantitative estimate of drug-likeness (QED) is 0.802. The minimum Gasteiger partial charge on any atom is -0.370 e. The average molecular weight is 304 g/mol. The fourth-order valence-electron chi connectivity index (χ4n) is 2.09. The third kappa shape index (κ3) is 4.43. The molecule has 5 heteroatoms. The number of nitrogens with one attached hydrogen (secondary N) is 1. The van der Waals surface area contributed by atoms with Crippen LogP contribution in [0.2, 0.25) is 0 Å². The van der Waals surface area contributed by atoms with Crippen LogP contribution in [0.1, 0.15) is 37.9 Å². The van der Waals surface area contributed by atoms with Gasteiger partial charge in [-0.15, -0.1) is 11.3 Å². The molecule has 0 aliphatic heterocycles. The highest BCUT2D eigenvalue weighted by Gasteiger charge is 2.11. The number of anilines is 2. The van der Waals surface area contributed by atoms with Crippen LogP contribution in [0.5, 0.6) is 0 Å². The van der Waals surface area contributed by atoms with Crippen LogP contribution in [-0.2, 0) is 13.0 Å². The molecule has 0 amide bonds. The second kappa shape index (κ2) is 7.98. The number of thiophene rings is 1. The van der Waals surface area contributed by atoms with Crippen molar-refractivity contribution in [2.75, 3.05) is 23.3 Å². The van der Waals surface area contributed by atoms with E-state index in [1.54, 1.807) is 11.3 Å². The van der Waals surface area contributed by atoms with Gasteiger partial charge in [-0.3, -0.25) is 0 Å². The maximum atomic E-state index is 4.69. The molecule has 4 nitrogen and oxygen atoms in total. The van der Waals surface area contributed by atoms with Crippen LogP contribution >= 0.6 is 11.3 Å². The van der Waals surface area contributed by atoms with E-state index in [1.165, 1.54) is 4.88 Å². The van der Waals surface area contributed by atoms with Crippen LogP contribution in [0.3, 0.4) is 0 Å². The Kier molecular flexibility index (Phi) is 5.99. The molecular formula is C16H24N4S. The molecule has 0 aliphatic carbocycles. The molecule has 2 aromatic rings. The van der Waals surface area contributed by atoms with E-state index >= 15 is 0 Å². The molecule has 0 radical (unpaired) electrons. The summed E-state index contributed by atoms with van der Waals surface area (Å²) in [4.78, 5) is 12.9. The van der Waals surface area contributed by atoms with Gasteiger partial charge in [0.25, 0.3) is 0 Å². The monoisotopic (exact) mass is 304 g/mol. The van der Waals surface area contributed by atoms with Gasteiger partial charge in [-0.05, 0) is 24.8 Å². The smallest absolute Gasteiger partial charge is 0.134 e. The molecule has 114 valence electrons. The number of aromatic nitrogens is 2. The fourth-order valence-corrected chi connectivity index (χ4v) is 2.81. The van der Waals surface area contributed by atoms with Crippen LogP contribution in [0, 0.1) is 0 Å². The molecule has 2 rings (SSSR count). The van der Waals surface area contributed by atoms with Crippen molar-refractivity contribution >= 4 is 23.0 Å². The number of hydrogen-bond acceptors (Lipinski definition) is 5. The highest BCUT2D eigenvalue weighted by molar-refractivity contribution is 7.09. The van der Waals surface area contributed by atoms with Gasteiger partial charge < -0.3 is 10.2 Å². The summed E-state index contributed by atoms with van der Waals surface area (Å²) < 4.78 is 0. The molecule has 0 saturated carbocycles. The Morgan fingerprint density at radius 1 is 1.24 bits per heavy atom. The third-order valence-corrected chi connectivity index (χ3v) is 4.12. The number of aryl methyl sites for hydroxylation is 1. The van der Waals surface area contributed by atoms with Crippen LogP contribution in [0.15, 0.2) is 23.6 Å². The second-order valence-corrected chi connectivity index (χ2v) is 5.93. The molecule has 0 aliphatic rings. The third-order valence-electron chi connectivity index (χ3n) is 3.26. The van der Waals surface area contributed by atoms with Crippen molar-refractivity contribution < 1.29 is 0 Å². The molecule has 0 spiro atoms. The van der Waals surface area contributed by atoms with E-state index in [9.17, 15) is 0 Å². The molecule has 0 aromatic carbocycles. The largest absolute Gasteiger partial charge is 0.370 e. The lowest BCUT2D eigenvalue weighted by Crippen LogP contribution is -2.23. The minimum absolute atomic E-state index is 0.852. The maximum absolute atomic E-state index is 4.69. The number of nitrogens with zero attached hydrogens (tertiary/aromatic N) is 3. The Labute approximate surface area is 131 Å². The van der Waals surface area contributed by atoms with E-state index in [0.717, 1.165) is 49.9 Å². The van der Waals surface area contributed by atoms with Crippen LogP contribution in [0.25, 0.3) is 0 Å². The average Bonchev–Trinajstić information content (AvgIpc) is 3.03. The highest BCUT2D eigenvalue weighted by atomic mass is 32.1. The standard InChI is InChI=1S/C16H24N4S/c1-4-9-17-15-11-16(19-14(5-2)18-15)20(6-3)12-13-8-7-10-21-13/h7-8,10-11H,4-6,9,12H2,1-3H3,(H,17,18,19). The van der Waals surface area contributed by atoms with E-state index in [-0.39, 0.29) is 0 Å². The molecule has 0 fully saturated rings. The first-order valence-corrected chi connectivity index (χ1v) is 8.53. The van der Waals surface area contributed by atoms with E-state index in [0.29, 0.717) is 0 Å². The zero-order valence-electron chi connectivity index (χ0n) is 13.1. The van der Waals surface area contributed by atoms with Gasteiger partial charge in [0.1, 0.15) is 17.5 Å². The lowest BCUT2D eigenvalue weighted by atomic mass is 10.3. The van der Waals surface area contributed by atoms with Crippen molar-refractivity contribution in [2.45, 2.75) is 40.2 Å². The van der Waals surface area contributed by atoms with Crippen molar-refractivity contribution in [3.63, 3.8) is 0 Å². The molecule has 2 aromatic heterocycles. The molecule has 1 N–H and O–H groups in total. The van der Waals surface area contributed by atoms with Crippen molar-refractivity contribution in [2.24, 2.45) is 0 Å². The summed E-state index contributed by atoms with van der Waals surface area (Å²) in [5.41, 5.74) is 0. The van der Waals surface area contributed by atoms with Crippen molar-refractivity contribution in [1.29, 1.82) is 0 Å². The molecule has 2 heterocycles. The number of rotatable bonds is 8. The first-order chi connectivity index (χ1) is 10.3. The van der Waals surface area contributed by atoms with Gasteiger partial charge in [-0.1, -0.05) is 19.9 Å². The lowest BCUT2D eigenvalue weighted by Gasteiger charge is -2.22. The van der Waals surface area contributed by atoms with Crippen LogP contribution in [0.4, 0.5) is 11.6 Å². The van der Waals surface area contributed by atoms with Gasteiger partial charge in [0, 0.05) is 30.5 Å². The normalized spacial score (nSPS) is 10.6. The SMILES string of the molecule is CCCNc1cc(N(CC)Cc2cccs2)nc(CC)n1. The van der Waals surface area contributed by atoms with E-state index in [4.69, 9.17) is 4.98 Å². The van der Waals surface area contributed by atoms with Crippen LogP contribution < -0.4 is 10.2 Å².